The fourth-order valence-electron chi connectivity index (χ4n) is 6.31. The van der Waals surface area contributed by atoms with Crippen molar-refractivity contribution in [1.82, 2.24) is 4.98 Å². The lowest BCUT2D eigenvalue weighted by molar-refractivity contribution is 0.103. The first-order valence-corrected chi connectivity index (χ1v) is 17.1. The van der Waals surface area contributed by atoms with Crippen molar-refractivity contribution in [3.05, 3.63) is 88.4 Å². The molecule has 0 aliphatic rings. The number of aromatic nitrogens is 1. The van der Waals surface area contributed by atoms with Gasteiger partial charge in [0, 0.05) is 27.6 Å². The molecule has 0 bridgehead atoms. The SMILES string of the molecule is CCCc1cc(C(=O)c2ccc3nc(OC)cc(-c4cccc(O[Si](C(C)C)(C(C)C)C(C)C)c4)c3c2)ccc1Cl. The van der Waals surface area contributed by atoms with E-state index in [-0.39, 0.29) is 5.78 Å². The van der Waals surface area contributed by atoms with Gasteiger partial charge in [-0.3, -0.25) is 4.79 Å². The van der Waals surface area contributed by atoms with Gasteiger partial charge in [0.2, 0.25) is 5.88 Å². The molecule has 1 aromatic heterocycles. The Labute approximate surface area is 251 Å². The molecule has 41 heavy (non-hydrogen) atoms. The summed E-state index contributed by atoms with van der Waals surface area (Å²) in [5.41, 5.74) is 6.33. The number of aryl methyl sites for hydroxylation is 1. The number of rotatable bonds is 11. The minimum Gasteiger partial charge on any atom is -0.543 e. The van der Waals surface area contributed by atoms with Crippen molar-refractivity contribution in [2.45, 2.75) is 77.9 Å². The molecule has 0 fully saturated rings. The normalized spacial score (nSPS) is 12.0. The van der Waals surface area contributed by atoms with E-state index in [0.717, 1.165) is 46.2 Å². The second-order valence-corrected chi connectivity index (χ2v) is 17.6. The largest absolute Gasteiger partial charge is 0.543 e. The molecule has 4 aromatic rings. The summed E-state index contributed by atoms with van der Waals surface area (Å²) in [6.07, 6.45) is 1.79. The highest BCUT2D eigenvalue weighted by atomic mass is 35.5. The Morgan fingerprint density at radius 3 is 2.17 bits per heavy atom. The van der Waals surface area contributed by atoms with Crippen LogP contribution in [0.3, 0.4) is 0 Å². The highest BCUT2D eigenvalue weighted by Crippen LogP contribution is 2.43. The van der Waals surface area contributed by atoms with Crippen molar-refractivity contribution in [3.8, 4) is 22.8 Å². The molecular weight excluding hydrogens is 546 g/mol. The molecule has 0 N–H and O–H groups in total. The molecule has 0 saturated heterocycles. The smallest absolute Gasteiger partial charge is 0.258 e. The lowest BCUT2D eigenvalue weighted by Crippen LogP contribution is -2.50. The van der Waals surface area contributed by atoms with Crippen LogP contribution in [0, 0.1) is 0 Å². The third-order valence-corrected chi connectivity index (χ3v) is 14.6. The number of carbonyl (C=O) groups excluding carboxylic acids is 1. The maximum absolute atomic E-state index is 13.6. The number of pyridine rings is 1. The standard InChI is InChI=1S/C35H42ClNO3Si/c1-9-11-26-18-27(14-16-32(26)36)35(38)28-15-17-33-31(20-28)30(21-34(37-33)39-8)25-12-10-13-29(19-25)40-41(22(2)3,23(4)5)24(6)7/h10,12-24H,9,11H2,1-8H3. The first-order chi connectivity index (χ1) is 19.5. The molecule has 0 amide bonds. The molecule has 0 saturated carbocycles. The Morgan fingerprint density at radius 2 is 1.54 bits per heavy atom. The molecule has 3 aromatic carbocycles. The van der Waals surface area contributed by atoms with E-state index in [0.29, 0.717) is 38.7 Å². The van der Waals surface area contributed by atoms with Gasteiger partial charge in [0.15, 0.2) is 5.78 Å². The summed E-state index contributed by atoms with van der Waals surface area (Å²) in [6.45, 7) is 15.9. The van der Waals surface area contributed by atoms with Gasteiger partial charge in [-0.05, 0) is 88.3 Å². The van der Waals surface area contributed by atoms with Crippen LogP contribution in [0.15, 0.2) is 66.7 Å². The molecule has 0 spiro atoms. The molecule has 0 atom stereocenters. The molecule has 1 heterocycles. The Morgan fingerprint density at radius 1 is 0.878 bits per heavy atom. The van der Waals surface area contributed by atoms with Gasteiger partial charge in [0.1, 0.15) is 5.75 Å². The Kier molecular flexibility index (Phi) is 9.61. The predicted molar refractivity (Wildman–Crippen MR) is 174 cm³/mol. The van der Waals surface area contributed by atoms with Crippen molar-refractivity contribution < 1.29 is 14.0 Å². The number of nitrogens with zero attached hydrogens (tertiary/aromatic N) is 1. The number of hydrogen-bond acceptors (Lipinski definition) is 4. The van der Waals surface area contributed by atoms with Crippen LogP contribution in [0.2, 0.25) is 21.6 Å². The van der Waals surface area contributed by atoms with E-state index in [9.17, 15) is 4.79 Å². The maximum atomic E-state index is 13.6. The van der Waals surface area contributed by atoms with Gasteiger partial charge in [-0.2, -0.15) is 0 Å². The Hall–Kier alpha value is -3.15. The van der Waals surface area contributed by atoms with Crippen LogP contribution in [-0.2, 0) is 6.42 Å². The average Bonchev–Trinajstić information content (AvgIpc) is 2.95. The second kappa shape index (κ2) is 12.8. The fourth-order valence-corrected chi connectivity index (χ4v) is 11.8. The average molecular weight is 588 g/mol. The van der Waals surface area contributed by atoms with Crippen molar-refractivity contribution in [1.29, 1.82) is 0 Å². The first-order valence-electron chi connectivity index (χ1n) is 14.6. The topological polar surface area (TPSA) is 48.4 Å². The first kappa shape index (κ1) is 30.8. The van der Waals surface area contributed by atoms with Crippen LogP contribution < -0.4 is 9.16 Å². The van der Waals surface area contributed by atoms with E-state index in [1.54, 1.807) is 13.2 Å². The second-order valence-electron chi connectivity index (χ2n) is 11.8. The minimum absolute atomic E-state index is 0.0404. The molecule has 4 nitrogen and oxygen atoms in total. The van der Waals surface area contributed by atoms with Crippen LogP contribution in [0.4, 0.5) is 0 Å². The van der Waals surface area contributed by atoms with Gasteiger partial charge in [-0.25, -0.2) is 4.98 Å². The summed E-state index contributed by atoms with van der Waals surface area (Å²) >= 11 is 6.39. The number of methoxy groups -OCH3 is 1. The van der Waals surface area contributed by atoms with Crippen LogP contribution in [-0.4, -0.2) is 26.2 Å². The minimum atomic E-state index is -2.13. The van der Waals surface area contributed by atoms with Crippen LogP contribution >= 0.6 is 11.6 Å². The van der Waals surface area contributed by atoms with E-state index in [4.69, 9.17) is 20.8 Å². The molecule has 0 unspecified atom stereocenters. The van der Waals surface area contributed by atoms with Gasteiger partial charge in [0.25, 0.3) is 8.32 Å². The van der Waals surface area contributed by atoms with Crippen LogP contribution in [0.25, 0.3) is 22.0 Å². The van der Waals surface area contributed by atoms with E-state index in [1.165, 1.54) is 0 Å². The van der Waals surface area contributed by atoms with Gasteiger partial charge in [-0.1, -0.05) is 78.6 Å². The number of carbonyl (C=O) groups is 1. The van der Waals surface area contributed by atoms with E-state index in [1.807, 2.05) is 42.5 Å². The van der Waals surface area contributed by atoms with E-state index in [2.05, 4.69) is 71.6 Å². The molecule has 216 valence electrons. The molecule has 0 aliphatic heterocycles. The lowest BCUT2D eigenvalue weighted by atomic mass is 9.95. The molecule has 6 heteroatoms. The Balaban J connectivity index is 1.82. The summed E-state index contributed by atoms with van der Waals surface area (Å²) in [4.78, 5) is 18.3. The number of fused-ring (bicyclic) bond motifs is 1. The van der Waals surface area contributed by atoms with Gasteiger partial charge in [-0.15, -0.1) is 0 Å². The zero-order valence-electron chi connectivity index (χ0n) is 25.5. The highest BCUT2D eigenvalue weighted by Gasteiger charge is 2.47. The van der Waals surface area contributed by atoms with Crippen molar-refractivity contribution in [3.63, 3.8) is 0 Å². The monoisotopic (exact) mass is 587 g/mol. The number of hydrogen-bond donors (Lipinski definition) is 0. The molecule has 0 radical (unpaired) electrons. The van der Waals surface area contributed by atoms with E-state index >= 15 is 0 Å². The number of halogens is 1. The zero-order valence-corrected chi connectivity index (χ0v) is 27.3. The van der Waals surface area contributed by atoms with Crippen LogP contribution in [0.1, 0.15) is 76.4 Å². The summed E-state index contributed by atoms with van der Waals surface area (Å²) in [5, 5.41) is 1.58. The number of benzene rings is 3. The van der Waals surface area contributed by atoms with Gasteiger partial charge < -0.3 is 9.16 Å². The molecular formula is C35H42ClNO3Si. The van der Waals surface area contributed by atoms with Crippen molar-refractivity contribution in [2.75, 3.05) is 7.11 Å². The number of ether oxygens (including phenoxy) is 1. The summed E-state index contributed by atoms with van der Waals surface area (Å²) in [7, 11) is -0.508. The Bertz CT molecular complexity index is 1520. The highest BCUT2D eigenvalue weighted by molar-refractivity contribution is 6.78. The van der Waals surface area contributed by atoms with Gasteiger partial charge in [0.05, 0.1) is 12.6 Å². The number of ketones is 1. The fraction of sp³-hybridized carbons (Fsp3) is 0.371. The maximum Gasteiger partial charge on any atom is 0.258 e. The van der Waals surface area contributed by atoms with Gasteiger partial charge >= 0.3 is 0 Å². The summed E-state index contributed by atoms with van der Waals surface area (Å²) in [5.74, 6) is 1.36. The molecule has 4 rings (SSSR count). The third-order valence-electron chi connectivity index (χ3n) is 8.23. The van der Waals surface area contributed by atoms with E-state index < -0.39 is 8.32 Å². The lowest BCUT2D eigenvalue weighted by Gasteiger charge is -2.42. The molecule has 0 aliphatic carbocycles. The zero-order chi connectivity index (χ0) is 29.9. The predicted octanol–water partition coefficient (Wildman–Crippen LogP) is 10.3. The summed E-state index contributed by atoms with van der Waals surface area (Å²) in [6, 6.07) is 21.4. The van der Waals surface area contributed by atoms with Crippen LogP contribution in [0.5, 0.6) is 11.6 Å². The third kappa shape index (κ3) is 6.22. The van der Waals surface area contributed by atoms with Crippen molar-refractivity contribution >= 4 is 36.6 Å². The quantitative estimate of drug-likeness (QED) is 0.129. The summed E-state index contributed by atoms with van der Waals surface area (Å²) < 4.78 is 12.6. The van der Waals surface area contributed by atoms with Crippen molar-refractivity contribution in [2.24, 2.45) is 0 Å².